The van der Waals surface area contributed by atoms with E-state index in [2.05, 4.69) is 10.3 Å². The van der Waals surface area contributed by atoms with Crippen molar-refractivity contribution in [1.29, 1.82) is 0 Å². The van der Waals surface area contributed by atoms with Crippen LogP contribution in [0.25, 0.3) is 0 Å². The first kappa shape index (κ1) is 8.20. The molecule has 1 aromatic heterocycles. The lowest BCUT2D eigenvalue weighted by atomic mass is 10.2. The smallest absolute Gasteiger partial charge is 0.0827 e. The second kappa shape index (κ2) is 4.08. The first-order chi connectivity index (χ1) is 5.33. The van der Waals surface area contributed by atoms with Crippen LogP contribution in [-0.4, -0.2) is 21.5 Å². The fraction of sp³-hybridized carbons (Fsp3) is 0.714. The molecule has 0 saturated carbocycles. The van der Waals surface area contributed by atoms with Gasteiger partial charge in [-0.05, 0) is 25.8 Å². The van der Waals surface area contributed by atoms with Crippen molar-refractivity contribution in [3.63, 3.8) is 0 Å². The Morgan fingerprint density at radius 3 is 2.91 bits per heavy atom. The molecule has 1 aromatic rings. The summed E-state index contributed by atoms with van der Waals surface area (Å²) in [4.78, 5) is 0. The summed E-state index contributed by atoms with van der Waals surface area (Å²) >= 11 is 0. The van der Waals surface area contributed by atoms with E-state index in [1.54, 1.807) is 4.68 Å². The molecule has 2 N–H and O–H groups in total. The molecule has 0 amide bonds. The SMILES string of the molecule is Cn1cc(CCCCN)nn1. The minimum atomic E-state index is 0.764. The van der Waals surface area contributed by atoms with Crippen molar-refractivity contribution in [2.75, 3.05) is 6.54 Å². The number of aromatic nitrogens is 3. The second-order valence-corrected chi connectivity index (χ2v) is 2.63. The Labute approximate surface area is 66.4 Å². The molecule has 0 saturated heterocycles. The zero-order chi connectivity index (χ0) is 8.10. The van der Waals surface area contributed by atoms with Crippen molar-refractivity contribution in [2.24, 2.45) is 12.8 Å². The van der Waals surface area contributed by atoms with Crippen LogP contribution in [-0.2, 0) is 13.5 Å². The number of aryl methyl sites for hydroxylation is 2. The van der Waals surface area contributed by atoms with Crippen LogP contribution in [0.4, 0.5) is 0 Å². The zero-order valence-electron chi connectivity index (χ0n) is 6.82. The van der Waals surface area contributed by atoms with E-state index >= 15 is 0 Å². The summed E-state index contributed by atoms with van der Waals surface area (Å²) in [5, 5.41) is 7.79. The number of nitrogens with two attached hydrogens (primary N) is 1. The Morgan fingerprint density at radius 2 is 2.36 bits per heavy atom. The standard InChI is InChI=1S/C7H14N4/c1-11-6-7(9-10-11)4-2-3-5-8/h6H,2-5,8H2,1H3. The van der Waals surface area contributed by atoms with Crippen LogP contribution >= 0.6 is 0 Å². The molecule has 4 heteroatoms. The molecule has 0 spiro atoms. The van der Waals surface area contributed by atoms with E-state index in [1.807, 2.05) is 13.2 Å². The predicted molar refractivity (Wildman–Crippen MR) is 43.0 cm³/mol. The molecule has 0 atom stereocenters. The highest BCUT2D eigenvalue weighted by atomic mass is 15.4. The molecule has 0 aliphatic carbocycles. The molecule has 0 aliphatic rings. The summed E-state index contributed by atoms with van der Waals surface area (Å²) in [5.41, 5.74) is 6.41. The number of rotatable bonds is 4. The van der Waals surface area contributed by atoms with Gasteiger partial charge in [0.1, 0.15) is 0 Å². The van der Waals surface area contributed by atoms with Gasteiger partial charge >= 0.3 is 0 Å². The fourth-order valence-corrected chi connectivity index (χ4v) is 0.960. The third kappa shape index (κ3) is 2.67. The monoisotopic (exact) mass is 154 g/mol. The Hall–Kier alpha value is -0.900. The molecule has 1 rings (SSSR count). The summed E-state index contributed by atoms with van der Waals surface area (Å²) in [6.07, 6.45) is 5.10. The van der Waals surface area contributed by atoms with E-state index in [-0.39, 0.29) is 0 Å². The maximum Gasteiger partial charge on any atom is 0.0827 e. The first-order valence-electron chi connectivity index (χ1n) is 3.88. The minimum Gasteiger partial charge on any atom is -0.330 e. The lowest BCUT2D eigenvalue weighted by molar-refractivity contribution is 0.706. The van der Waals surface area contributed by atoms with Crippen molar-refractivity contribution in [3.05, 3.63) is 11.9 Å². The highest BCUT2D eigenvalue weighted by Gasteiger charge is 1.96. The predicted octanol–water partition coefficient (Wildman–Crippen LogP) is 0.0965. The van der Waals surface area contributed by atoms with Gasteiger partial charge < -0.3 is 5.73 Å². The quantitative estimate of drug-likeness (QED) is 0.625. The van der Waals surface area contributed by atoms with Gasteiger partial charge in [0.15, 0.2) is 0 Å². The van der Waals surface area contributed by atoms with E-state index in [0.29, 0.717) is 0 Å². The summed E-state index contributed by atoms with van der Waals surface area (Å²) in [5.74, 6) is 0. The summed E-state index contributed by atoms with van der Waals surface area (Å²) in [6, 6.07) is 0. The molecule has 0 unspecified atom stereocenters. The van der Waals surface area contributed by atoms with Gasteiger partial charge in [-0.1, -0.05) is 5.21 Å². The molecular weight excluding hydrogens is 140 g/mol. The maximum absolute atomic E-state index is 5.36. The first-order valence-corrected chi connectivity index (χ1v) is 3.88. The van der Waals surface area contributed by atoms with Crippen LogP contribution in [0.1, 0.15) is 18.5 Å². The van der Waals surface area contributed by atoms with Crippen LogP contribution in [0.5, 0.6) is 0 Å². The largest absolute Gasteiger partial charge is 0.330 e. The van der Waals surface area contributed by atoms with E-state index < -0.39 is 0 Å². The van der Waals surface area contributed by atoms with Crippen molar-refractivity contribution < 1.29 is 0 Å². The molecule has 1 heterocycles. The normalized spacial score (nSPS) is 10.4. The van der Waals surface area contributed by atoms with E-state index in [9.17, 15) is 0 Å². The van der Waals surface area contributed by atoms with Crippen molar-refractivity contribution in [3.8, 4) is 0 Å². The van der Waals surface area contributed by atoms with Gasteiger partial charge in [0.2, 0.25) is 0 Å². The van der Waals surface area contributed by atoms with Crippen LogP contribution < -0.4 is 5.73 Å². The summed E-state index contributed by atoms with van der Waals surface area (Å²) in [6.45, 7) is 0.764. The topological polar surface area (TPSA) is 56.7 Å². The van der Waals surface area contributed by atoms with Gasteiger partial charge in [-0.2, -0.15) is 0 Å². The molecule has 0 fully saturated rings. The fourth-order valence-electron chi connectivity index (χ4n) is 0.960. The van der Waals surface area contributed by atoms with Crippen LogP contribution in [0.15, 0.2) is 6.20 Å². The number of hydrogen-bond donors (Lipinski definition) is 1. The van der Waals surface area contributed by atoms with Gasteiger partial charge in [-0.3, -0.25) is 4.68 Å². The average Bonchev–Trinajstić information content (AvgIpc) is 2.37. The van der Waals surface area contributed by atoms with Crippen LogP contribution in [0.3, 0.4) is 0 Å². The Bertz CT molecular complexity index is 206. The third-order valence-electron chi connectivity index (χ3n) is 1.54. The molecule has 0 radical (unpaired) electrons. The van der Waals surface area contributed by atoms with Gasteiger partial charge in [-0.15, -0.1) is 5.10 Å². The molecular formula is C7H14N4. The zero-order valence-corrected chi connectivity index (χ0v) is 6.82. The van der Waals surface area contributed by atoms with Crippen molar-refractivity contribution in [2.45, 2.75) is 19.3 Å². The molecule has 0 bridgehead atoms. The third-order valence-corrected chi connectivity index (χ3v) is 1.54. The maximum atomic E-state index is 5.36. The Balaban J connectivity index is 2.27. The van der Waals surface area contributed by atoms with Crippen LogP contribution in [0, 0.1) is 0 Å². The van der Waals surface area contributed by atoms with Gasteiger partial charge in [0, 0.05) is 13.2 Å². The van der Waals surface area contributed by atoms with Crippen molar-refractivity contribution in [1.82, 2.24) is 15.0 Å². The summed E-state index contributed by atoms with van der Waals surface area (Å²) < 4.78 is 1.72. The van der Waals surface area contributed by atoms with Gasteiger partial charge in [0.05, 0.1) is 5.69 Å². The Kier molecular flexibility index (Phi) is 3.04. The highest BCUT2D eigenvalue weighted by molar-refractivity contribution is 4.91. The number of unbranched alkanes of at least 4 members (excludes halogenated alkanes) is 1. The molecule has 0 aliphatic heterocycles. The lowest BCUT2D eigenvalue weighted by Gasteiger charge is -1.92. The lowest BCUT2D eigenvalue weighted by Crippen LogP contribution is -1.99. The highest BCUT2D eigenvalue weighted by Crippen LogP contribution is 1.98. The minimum absolute atomic E-state index is 0.764. The molecule has 62 valence electrons. The van der Waals surface area contributed by atoms with Gasteiger partial charge in [-0.25, -0.2) is 0 Å². The van der Waals surface area contributed by atoms with E-state index in [4.69, 9.17) is 5.73 Å². The van der Waals surface area contributed by atoms with Crippen LogP contribution in [0.2, 0.25) is 0 Å². The number of nitrogens with zero attached hydrogens (tertiary/aromatic N) is 3. The molecule has 0 aromatic carbocycles. The summed E-state index contributed by atoms with van der Waals surface area (Å²) in [7, 11) is 1.87. The van der Waals surface area contributed by atoms with E-state index in [0.717, 1.165) is 31.5 Å². The van der Waals surface area contributed by atoms with Crippen molar-refractivity contribution >= 4 is 0 Å². The molecule has 4 nitrogen and oxygen atoms in total. The Morgan fingerprint density at radius 1 is 1.55 bits per heavy atom. The molecule has 11 heavy (non-hydrogen) atoms. The average molecular weight is 154 g/mol. The van der Waals surface area contributed by atoms with E-state index in [1.165, 1.54) is 0 Å². The van der Waals surface area contributed by atoms with Gasteiger partial charge in [0.25, 0.3) is 0 Å². The number of hydrogen-bond acceptors (Lipinski definition) is 3. The second-order valence-electron chi connectivity index (χ2n) is 2.63.